The molecule has 178 valence electrons. The fourth-order valence-corrected chi connectivity index (χ4v) is 3.01. The van der Waals surface area contributed by atoms with Crippen LogP contribution in [-0.2, 0) is 6.18 Å². The number of ether oxygens (including phenoxy) is 1. The van der Waals surface area contributed by atoms with Crippen molar-refractivity contribution in [3.8, 4) is 11.5 Å². The first-order chi connectivity index (χ1) is 16.1. The molecule has 0 radical (unpaired) electrons. The van der Waals surface area contributed by atoms with E-state index in [0.29, 0.717) is 22.7 Å². The average Bonchev–Trinajstić information content (AvgIpc) is 2.80. The van der Waals surface area contributed by atoms with Crippen molar-refractivity contribution in [2.75, 3.05) is 17.8 Å². The van der Waals surface area contributed by atoms with Gasteiger partial charge in [0.25, 0.3) is 5.91 Å². The Morgan fingerprint density at radius 2 is 1.79 bits per heavy atom. The van der Waals surface area contributed by atoms with Crippen LogP contribution in [0.1, 0.15) is 27.2 Å². The maximum Gasteiger partial charge on any atom is 0.416 e. The zero-order valence-corrected chi connectivity index (χ0v) is 18.5. The molecule has 4 N–H and O–H groups in total. The average molecular weight is 473 g/mol. The van der Waals surface area contributed by atoms with Crippen LogP contribution in [0.2, 0.25) is 0 Å². The summed E-state index contributed by atoms with van der Waals surface area (Å²) in [7, 11) is 1.49. The van der Waals surface area contributed by atoms with Crippen LogP contribution < -0.4 is 26.2 Å². The Balaban J connectivity index is 1.67. The standard InChI is InChI=1S/C23H22F3N5O3/c1-13-7-8-15(11-17(13)23(24,25)26)29-22(33)31-30-18-5-4-6-20(14(18)2)34-16-9-10-28-19(12-16)21(32)27-3/h4-12,30H,1-3H3,(H,27,32)(H2,29,31,33). The lowest BCUT2D eigenvalue weighted by atomic mass is 10.1. The predicted molar refractivity (Wildman–Crippen MR) is 121 cm³/mol. The monoisotopic (exact) mass is 473 g/mol. The Bertz CT molecular complexity index is 1210. The van der Waals surface area contributed by atoms with E-state index in [4.69, 9.17) is 4.74 Å². The Kier molecular flexibility index (Phi) is 7.24. The number of halogens is 3. The number of amides is 3. The van der Waals surface area contributed by atoms with Crippen molar-refractivity contribution in [3.05, 3.63) is 77.1 Å². The van der Waals surface area contributed by atoms with E-state index in [1.54, 1.807) is 31.2 Å². The molecule has 11 heteroatoms. The van der Waals surface area contributed by atoms with Gasteiger partial charge in [-0.05, 0) is 49.7 Å². The van der Waals surface area contributed by atoms with Gasteiger partial charge in [-0.1, -0.05) is 12.1 Å². The SMILES string of the molecule is CNC(=O)c1cc(Oc2cccc(NNC(=O)Nc3ccc(C)c(C(F)(F)F)c3)c2C)ccn1. The number of nitrogens with one attached hydrogen (secondary N) is 4. The molecule has 0 unspecified atom stereocenters. The third-order valence-corrected chi connectivity index (χ3v) is 4.81. The Morgan fingerprint density at radius 1 is 1.03 bits per heavy atom. The lowest BCUT2D eigenvalue weighted by molar-refractivity contribution is -0.138. The topological polar surface area (TPSA) is 104 Å². The molecular weight excluding hydrogens is 451 g/mol. The zero-order valence-electron chi connectivity index (χ0n) is 18.5. The van der Waals surface area contributed by atoms with Gasteiger partial charge in [-0.15, -0.1) is 0 Å². The van der Waals surface area contributed by atoms with E-state index in [9.17, 15) is 22.8 Å². The fraction of sp³-hybridized carbons (Fsp3) is 0.174. The van der Waals surface area contributed by atoms with Gasteiger partial charge < -0.3 is 15.4 Å². The van der Waals surface area contributed by atoms with Crippen LogP contribution in [0, 0.1) is 13.8 Å². The number of nitrogens with zero attached hydrogens (tertiary/aromatic N) is 1. The number of urea groups is 1. The summed E-state index contributed by atoms with van der Waals surface area (Å²) in [6.45, 7) is 3.09. The van der Waals surface area contributed by atoms with Crippen molar-refractivity contribution in [1.29, 1.82) is 0 Å². The molecular formula is C23H22F3N5O3. The van der Waals surface area contributed by atoms with Crippen LogP contribution in [0.5, 0.6) is 11.5 Å². The summed E-state index contributed by atoms with van der Waals surface area (Å²) in [6.07, 6.45) is -3.08. The molecule has 34 heavy (non-hydrogen) atoms. The van der Waals surface area contributed by atoms with E-state index < -0.39 is 17.8 Å². The number of alkyl halides is 3. The summed E-state index contributed by atoms with van der Waals surface area (Å²) in [6, 6.07) is 10.9. The summed E-state index contributed by atoms with van der Waals surface area (Å²) < 4.78 is 45.1. The van der Waals surface area contributed by atoms with E-state index in [-0.39, 0.29) is 22.9 Å². The molecule has 3 aromatic rings. The van der Waals surface area contributed by atoms with Crippen LogP contribution in [0.3, 0.4) is 0 Å². The summed E-state index contributed by atoms with van der Waals surface area (Å²) >= 11 is 0. The molecule has 8 nitrogen and oxygen atoms in total. The van der Waals surface area contributed by atoms with Crippen LogP contribution in [0.15, 0.2) is 54.7 Å². The predicted octanol–water partition coefficient (Wildman–Crippen LogP) is 5.02. The minimum absolute atomic E-state index is 0.00404. The summed E-state index contributed by atoms with van der Waals surface area (Å²) in [5.74, 6) is 0.484. The van der Waals surface area contributed by atoms with Gasteiger partial charge >= 0.3 is 12.2 Å². The second-order valence-electron chi connectivity index (χ2n) is 7.22. The van der Waals surface area contributed by atoms with Gasteiger partial charge in [0.1, 0.15) is 17.2 Å². The number of carbonyl (C=O) groups excluding carboxylic acids is 2. The van der Waals surface area contributed by atoms with Gasteiger partial charge in [-0.3, -0.25) is 20.6 Å². The highest BCUT2D eigenvalue weighted by Crippen LogP contribution is 2.33. The number of hydrogen-bond acceptors (Lipinski definition) is 5. The molecule has 3 rings (SSSR count). The fourth-order valence-electron chi connectivity index (χ4n) is 3.01. The number of aryl methyl sites for hydroxylation is 1. The van der Waals surface area contributed by atoms with Gasteiger partial charge in [-0.25, -0.2) is 4.79 Å². The molecule has 0 aliphatic rings. The highest BCUT2D eigenvalue weighted by atomic mass is 19.4. The first kappa shape index (κ1) is 24.4. The molecule has 0 fully saturated rings. The molecule has 3 amide bonds. The van der Waals surface area contributed by atoms with Crippen LogP contribution in [0.4, 0.5) is 29.3 Å². The number of hydrogen-bond donors (Lipinski definition) is 4. The lowest BCUT2D eigenvalue weighted by Crippen LogP contribution is -2.33. The lowest BCUT2D eigenvalue weighted by Gasteiger charge is -2.16. The highest BCUT2D eigenvalue weighted by molar-refractivity contribution is 5.92. The third-order valence-electron chi connectivity index (χ3n) is 4.81. The first-order valence-corrected chi connectivity index (χ1v) is 10.0. The minimum atomic E-state index is -4.52. The second-order valence-corrected chi connectivity index (χ2v) is 7.22. The van der Waals surface area contributed by atoms with Crippen molar-refractivity contribution in [1.82, 2.24) is 15.7 Å². The Hall–Kier alpha value is -4.28. The number of anilines is 2. The number of hydrazine groups is 1. The third kappa shape index (κ3) is 5.94. The maximum atomic E-state index is 13.1. The van der Waals surface area contributed by atoms with Crippen LogP contribution in [0.25, 0.3) is 0 Å². The van der Waals surface area contributed by atoms with Crippen LogP contribution in [-0.4, -0.2) is 24.0 Å². The Morgan fingerprint density at radius 3 is 2.50 bits per heavy atom. The quantitative estimate of drug-likeness (QED) is 0.377. The van der Waals surface area contributed by atoms with Crippen molar-refractivity contribution in [2.24, 2.45) is 0 Å². The zero-order chi connectivity index (χ0) is 24.9. The number of aromatic nitrogens is 1. The van der Waals surface area contributed by atoms with Crippen molar-refractivity contribution >= 4 is 23.3 Å². The number of carbonyl (C=O) groups is 2. The molecule has 0 aliphatic carbocycles. The second kappa shape index (κ2) is 10.1. The van der Waals surface area contributed by atoms with Crippen LogP contribution >= 0.6 is 0 Å². The summed E-state index contributed by atoms with van der Waals surface area (Å²) in [4.78, 5) is 27.9. The Labute approximate surface area is 193 Å². The van der Waals surface area contributed by atoms with E-state index >= 15 is 0 Å². The molecule has 0 atom stereocenters. The van der Waals surface area contributed by atoms with E-state index in [2.05, 4.69) is 26.5 Å². The van der Waals surface area contributed by atoms with Crippen molar-refractivity contribution in [3.63, 3.8) is 0 Å². The number of pyridine rings is 1. The highest BCUT2D eigenvalue weighted by Gasteiger charge is 2.32. The summed E-state index contributed by atoms with van der Waals surface area (Å²) in [5.41, 5.74) is 5.64. The molecule has 1 heterocycles. The molecule has 0 saturated heterocycles. The molecule has 0 aliphatic heterocycles. The van der Waals surface area contributed by atoms with Gasteiger partial charge in [0.2, 0.25) is 0 Å². The van der Waals surface area contributed by atoms with Gasteiger partial charge in [0, 0.05) is 30.6 Å². The minimum Gasteiger partial charge on any atom is -0.457 e. The van der Waals surface area contributed by atoms with E-state index in [1.165, 1.54) is 38.4 Å². The van der Waals surface area contributed by atoms with E-state index in [1.807, 2.05) is 0 Å². The molecule has 2 aromatic carbocycles. The number of rotatable bonds is 6. The summed E-state index contributed by atoms with van der Waals surface area (Å²) in [5, 5.41) is 4.84. The van der Waals surface area contributed by atoms with Crippen molar-refractivity contribution in [2.45, 2.75) is 20.0 Å². The van der Waals surface area contributed by atoms with Gasteiger partial charge in [0.15, 0.2) is 0 Å². The molecule has 0 bridgehead atoms. The maximum absolute atomic E-state index is 13.1. The molecule has 0 saturated carbocycles. The van der Waals surface area contributed by atoms with Gasteiger partial charge in [0.05, 0.1) is 11.3 Å². The first-order valence-electron chi connectivity index (χ1n) is 10.0. The van der Waals surface area contributed by atoms with E-state index in [0.717, 1.165) is 6.07 Å². The largest absolute Gasteiger partial charge is 0.457 e. The van der Waals surface area contributed by atoms with Crippen molar-refractivity contribution < 1.29 is 27.5 Å². The number of benzene rings is 2. The normalized spacial score (nSPS) is 10.9. The van der Waals surface area contributed by atoms with Gasteiger partial charge in [-0.2, -0.15) is 13.2 Å². The molecule has 0 spiro atoms. The smallest absolute Gasteiger partial charge is 0.416 e. The molecule has 1 aromatic heterocycles.